The number of nitrogens with one attached hydrogen (secondary N) is 2. The maximum Gasteiger partial charge on any atom is 0.218 e. The summed E-state index contributed by atoms with van der Waals surface area (Å²) in [5.74, 6) is 1.41. The molecular formula is C20H30IN5O2S. The highest BCUT2D eigenvalue weighted by Gasteiger charge is 2.23. The second-order valence-electron chi connectivity index (χ2n) is 6.43. The number of nitrogens with zero attached hydrogens (tertiary/aromatic N) is 3. The van der Waals surface area contributed by atoms with Crippen LogP contribution in [0.15, 0.2) is 40.8 Å². The Bertz CT molecular complexity index is 738. The first-order chi connectivity index (χ1) is 13.8. The first-order valence-corrected chi connectivity index (χ1v) is 10.5. The van der Waals surface area contributed by atoms with E-state index < -0.39 is 0 Å². The van der Waals surface area contributed by atoms with E-state index >= 15 is 0 Å². The first-order valence-electron chi connectivity index (χ1n) is 9.67. The van der Waals surface area contributed by atoms with Crippen LogP contribution in [0.25, 0.3) is 0 Å². The van der Waals surface area contributed by atoms with Gasteiger partial charge in [0.1, 0.15) is 0 Å². The number of thiophene rings is 1. The molecule has 3 rings (SSSR count). The van der Waals surface area contributed by atoms with Gasteiger partial charge in [-0.3, -0.25) is 4.90 Å². The molecule has 3 heterocycles. The minimum absolute atomic E-state index is 0. The molecule has 0 spiro atoms. The molecule has 2 N–H and O–H groups in total. The molecule has 0 amide bonds. The van der Waals surface area contributed by atoms with Gasteiger partial charge in [-0.25, -0.2) is 9.98 Å². The summed E-state index contributed by atoms with van der Waals surface area (Å²) in [4.78, 5) is 12.8. The van der Waals surface area contributed by atoms with Gasteiger partial charge in [-0.05, 0) is 24.4 Å². The number of morpholine rings is 1. The molecule has 1 atom stereocenters. The van der Waals surface area contributed by atoms with Gasteiger partial charge in [-0.15, -0.1) is 35.3 Å². The summed E-state index contributed by atoms with van der Waals surface area (Å²) < 4.78 is 10.9. The fourth-order valence-electron chi connectivity index (χ4n) is 3.21. The van der Waals surface area contributed by atoms with E-state index in [1.54, 1.807) is 24.6 Å². The summed E-state index contributed by atoms with van der Waals surface area (Å²) in [6.07, 6.45) is 1.73. The number of rotatable bonds is 8. The molecule has 7 nitrogen and oxygen atoms in total. The van der Waals surface area contributed by atoms with E-state index in [1.165, 1.54) is 4.88 Å². The lowest BCUT2D eigenvalue weighted by atomic mass is 10.2. The fourth-order valence-corrected chi connectivity index (χ4v) is 4.07. The Kier molecular flexibility index (Phi) is 10.7. The van der Waals surface area contributed by atoms with Crippen molar-refractivity contribution in [2.24, 2.45) is 4.99 Å². The van der Waals surface area contributed by atoms with Crippen molar-refractivity contribution in [1.82, 2.24) is 20.5 Å². The van der Waals surface area contributed by atoms with Crippen LogP contribution in [-0.4, -0.2) is 62.3 Å². The molecule has 0 saturated carbocycles. The smallest absolute Gasteiger partial charge is 0.218 e. The predicted molar refractivity (Wildman–Crippen MR) is 128 cm³/mol. The van der Waals surface area contributed by atoms with Gasteiger partial charge >= 0.3 is 0 Å². The molecule has 1 aliphatic rings. The van der Waals surface area contributed by atoms with Gasteiger partial charge < -0.3 is 20.1 Å². The number of methoxy groups -OCH3 is 1. The lowest BCUT2D eigenvalue weighted by molar-refractivity contribution is 0.0177. The summed E-state index contributed by atoms with van der Waals surface area (Å²) in [5, 5.41) is 8.98. The summed E-state index contributed by atoms with van der Waals surface area (Å²) >= 11 is 1.80. The lowest BCUT2D eigenvalue weighted by Crippen LogP contribution is -2.46. The zero-order valence-corrected chi connectivity index (χ0v) is 20.1. The Morgan fingerprint density at radius 2 is 2.14 bits per heavy atom. The molecule has 2 aromatic rings. The van der Waals surface area contributed by atoms with Crippen LogP contribution < -0.4 is 15.4 Å². The van der Waals surface area contributed by atoms with Gasteiger partial charge in [0.25, 0.3) is 0 Å². The van der Waals surface area contributed by atoms with Crippen molar-refractivity contribution in [3.63, 3.8) is 0 Å². The minimum Gasteiger partial charge on any atom is -0.481 e. The average molecular weight is 531 g/mol. The molecule has 160 valence electrons. The van der Waals surface area contributed by atoms with Crippen LogP contribution in [0.2, 0.25) is 0 Å². The molecule has 0 aromatic carbocycles. The Morgan fingerprint density at radius 3 is 2.83 bits per heavy atom. The third-order valence-corrected chi connectivity index (χ3v) is 5.59. The van der Waals surface area contributed by atoms with Crippen molar-refractivity contribution in [3.05, 3.63) is 46.3 Å². The Morgan fingerprint density at radius 1 is 1.31 bits per heavy atom. The van der Waals surface area contributed by atoms with Crippen molar-refractivity contribution in [3.8, 4) is 5.88 Å². The van der Waals surface area contributed by atoms with Crippen LogP contribution >= 0.6 is 35.3 Å². The second kappa shape index (κ2) is 13.0. The zero-order valence-electron chi connectivity index (χ0n) is 17.0. The third-order valence-electron chi connectivity index (χ3n) is 4.62. The van der Waals surface area contributed by atoms with Crippen LogP contribution in [0.5, 0.6) is 5.88 Å². The van der Waals surface area contributed by atoms with Gasteiger partial charge in [-0.1, -0.05) is 12.1 Å². The van der Waals surface area contributed by atoms with E-state index in [0.717, 1.165) is 50.9 Å². The van der Waals surface area contributed by atoms with E-state index in [0.29, 0.717) is 18.5 Å². The Balaban J connectivity index is 0.00000300. The van der Waals surface area contributed by atoms with Crippen molar-refractivity contribution >= 4 is 41.3 Å². The van der Waals surface area contributed by atoms with E-state index in [1.807, 2.05) is 12.1 Å². The summed E-state index contributed by atoms with van der Waals surface area (Å²) in [6.45, 7) is 7.64. The van der Waals surface area contributed by atoms with Crippen molar-refractivity contribution in [2.75, 3.05) is 46.5 Å². The topological polar surface area (TPSA) is 71.0 Å². The van der Waals surface area contributed by atoms with E-state index in [-0.39, 0.29) is 24.0 Å². The summed E-state index contributed by atoms with van der Waals surface area (Å²) in [5.41, 5.74) is 0.963. The van der Waals surface area contributed by atoms with Gasteiger partial charge in [0, 0.05) is 42.8 Å². The lowest BCUT2D eigenvalue weighted by Gasteiger charge is -2.34. The maximum absolute atomic E-state index is 5.53. The first kappa shape index (κ1) is 23.8. The van der Waals surface area contributed by atoms with Crippen molar-refractivity contribution < 1.29 is 9.47 Å². The predicted octanol–water partition coefficient (Wildman–Crippen LogP) is 2.90. The number of hydrogen-bond donors (Lipinski definition) is 2. The molecule has 0 aliphatic carbocycles. The molecule has 0 radical (unpaired) electrons. The molecule has 1 saturated heterocycles. The van der Waals surface area contributed by atoms with Gasteiger partial charge in [0.05, 0.1) is 32.9 Å². The number of guanidine groups is 1. The Hall–Kier alpha value is -1.43. The second-order valence-corrected chi connectivity index (χ2v) is 7.41. The third kappa shape index (κ3) is 7.09. The molecule has 0 bridgehead atoms. The summed E-state index contributed by atoms with van der Waals surface area (Å²) in [7, 11) is 1.63. The molecular weight excluding hydrogens is 501 g/mol. The molecule has 29 heavy (non-hydrogen) atoms. The number of halogens is 1. The number of pyridine rings is 1. The molecule has 1 unspecified atom stereocenters. The molecule has 1 aliphatic heterocycles. The van der Waals surface area contributed by atoms with Crippen molar-refractivity contribution in [2.45, 2.75) is 19.5 Å². The highest BCUT2D eigenvalue weighted by molar-refractivity contribution is 14.0. The number of hydrogen-bond acceptors (Lipinski definition) is 6. The number of aromatic nitrogens is 1. The van der Waals surface area contributed by atoms with Gasteiger partial charge in [0.15, 0.2) is 5.96 Å². The number of ether oxygens (including phenoxy) is 2. The van der Waals surface area contributed by atoms with E-state index in [9.17, 15) is 0 Å². The van der Waals surface area contributed by atoms with Crippen LogP contribution in [0.1, 0.15) is 23.4 Å². The highest BCUT2D eigenvalue weighted by atomic mass is 127. The average Bonchev–Trinajstić information content (AvgIpc) is 3.27. The van der Waals surface area contributed by atoms with Crippen molar-refractivity contribution in [1.29, 1.82) is 0 Å². The summed E-state index contributed by atoms with van der Waals surface area (Å²) in [6, 6.07) is 8.51. The monoisotopic (exact) mass is 531 g/mol. The SMILES string of the molecule is CCNC(=NCc1cccnc1OC)NCC(c1cccs1)N1CCOCC1.I. The quantitative estimate of drug-likeness (QED) is 0.310. The number of aliphatic imine (C=N–C) groups is 1. The van der Waals surface area contributed by atoms with Gasteiger partial charge in [-0.2, -0.15) is 0 Å². The van der Waals surface area contributed by atoms with Crippen LogP contribution in [0, 0.1) is 0 Å². The maximum atomic E-state index is 5.53. The minimum atomic E-state index is 0. The zero-order chi connectivity index (χ0) is 19.6. The van der Waals surface area contributed by atoms with Crippen LogP contribution in [-0.2, 0) is 11.3 Å². The fraction of sp³-hybridized carbons (Fsp3) is 0.500. The normalized spacial score (nSPS) is 16.0. The largest absolute Gasteiger partial charge is 0.481 e. The Labute approximate surface area is 193 Å². The van der Waals surface area contributed by atoms with Crippen LogP contribution in [0.4, 0.5) is 0 Å². The molecule has 1 fully saturated rings. The van der Waals surface area contributed by atoms with E-state index in [4.69, 9.17) is 14.5 Å². The van der Waals surface area contributed by atoms with Gasteiger partial charge in [0.2, 0.25) is 5.88 Å². The highest BCUT2D eigenvalue weighted by Crippen LogP contribution is 2.25. The van der Waals surface area contributed by atoms with E-state index in [2.05, 4.69) is 45.0 Å². The van der Waals surface area contributed by atoms with Crippen LogP contribution in [0.3, 0.4) is 0 Å². The standard InChI is InChI=1S/C20H29N5O2S.HI/c1-3-21-20(23-14-16-6-4-8-22-19(16)26-2)24-15-17(18-7-5-13-28-18)25-9-11-27-12-10-25;/h4-8,13,17H,3,9-12,14-15H2,1-2H3,(H2,21,23,24);1H. The molecule has 2 aromatic heterocycles. The molecule has 9 heteroatoms.